The van der Waals surface area contributed by atoms with Gasteiger partial charge in [-0.25, -0.2) is 9.59 Å². The molecule has 0 saturated heterocycles. The van der Waals surface area contributed by atoms with Gasteiger partial charge < -0.3 is 14.2 Å². The number of hydrogen-bond donors (Lipinski definition) is 0. The number of benzene rings is 1. The number of esters is 1. The number of carbonyl (C=O) groups excluding carboxylic acids is 2. The predicted molar refractivity (Wildman–Crippen MR) is 93.8 cm³/mol. The molecule has 0 spiro atoms. The molecule has 1 aromatic carbocycles. The van der Waals surface area contributed by atoms with Gasteiger partial charge in [0.15, 0.2) is 0 Å². The van der Waals surface area contributed by atoms with Crippen LogP contribution in [0.4, 0.5) is 4.79 Å². The molecular formula is C19H27NO5. The topological polar surface area (TPSA) is 65.1 Å². The Morgan fingerprint density at radius 3 is 2.52 bits per heavy atom. The van der Waals surface area contributed by atoms with E-state index in [1.54, 1.807) is 17.0 Å². The number of nitrogens with zero attached hydrogens (tertiary/aromatic N) is 1. The Labute approximate surface area is 149 Å². The molecular weight excluding hydrogens is 322 g/mol. The fraction of sp³-hybridized carbons (Fsp3) is 0.579. The molecule has 1 heterocycles. The molecule has 0 radical (unpaired) electrons. The summed E-state index contributed by atoms with van der Waals surface area (Å²) in [5.41, 5.74) is 0.726. The summed E-state index contributed by atoms with van der Waals surface area (Å²) in [7, 11) is 1.34. The minimum Gasteiger partial charge on any atom is -0.491 e. The van der Waals surface area contributed by atoms with E-state index < -0.39 is 11.6 Å². The lowest BCUT2D eigenvalue weighted by Crippen LogP contribution is -2.41. The Bertz CT molecular complexity index is 648. The van der Waals surface area contributed by atoms with Gasteiger partial charge >= 0.3 is 12.1 Å². The van der Waals surface area contributed by atoms with Crippen LogP contribution in [0.15, 0.2) is 18.2 Å². The maximum absolute atomic E-state index is 12.7. The highest BCUT2D eigenvalue weighted by Crippen LogP contribution is 2.38. The van der Waals surface area contributed by atoms with Gasteiger partial charge in [0.25, 0.3) is 0 Å². The van der Waals surface area contributed by atoms with Gasteiger partial charge in [-0.2, -0.15) is 0 Å². The number of ether oxygens (including phenoxy) is 3. The molecule has 0 saturated carbocycles. The molecule has 1 aliphatic heterocycles. The third kappa shape index (κ3) is 4.44. The molecule has 0 fully saturated rings. The summed E-state index contributed by atoms with van der Waals surface area (Å²) in [5, 5.41) is 0. The first-order valence-corrected chi connectivity index (χ1v) is 8.48. The summed E-state index contributed by atoms with van der Waals surface area (Å²) in [6.07, 6.45) is -0.361. The van der Waals surface area contributed by atoms with Gasteiger partial charge in [-0.1, -0.05) is 19.9 Å². The molecule has 1 aliphatic rings. The molecule has 0 N–H and O–H groups in total. The number of methoxy groups -OCH3 is 1. The summed E-state index contributed by atoms with van der Waals surface area (Å²) < 4.78 is 16.2. The number of fused-ring (bicyclic) bond motifs is 1. The first-order valence-electron chi connectivity index (χ1n) is 8.48. The highest BCUT2D eigenvalue weighted by molar-refractivity contribution is 5.90. The summed E-state index contributed by atoms with van der Waals surface area (Å²) in [5.74, 6) is 0.338. The molecule has 0 aromatic heterocycles. The number of hydrogen-bond acceptors (Lipinski definition) is 5. The zero-order valence-corrected chi connectivity index (χ0v) is 15.8. The third-order valence-electron chi connectivity index (χ3n) is 3.94. The lowest BCUT2D eigenvalue weighted by molar-refractivity contribution is 0.0102. The molecule has 0 bridgehead atoms. The standard InChI is InChI=1S/C19H27NO5/c1-12(2)16-14-8-7-13(17(21)23-6)11-15(14)24-10-9-20(16)18(22)25-19(3,4)5/h7-8,11-12,16H,9-10H2,1-6H3/t16-/m1/s1. The van der Waals surface area contributed by atoms with E-state index in [1.807, 2.05) is 40.7 Å². The smallest absolute Gasteiger partial charge is 0.410 e. The van der Waals surface area contributed by atoms with Crippen molar-refractivity contribution >= 4 is 12.1 Å². The Morgan fingerprint density at radius 1 is 1.28 bits per heavy atom. The lowest BCUT2D eigenvalue weighted by Gasteiger charge is -2.34. The van der Waals surface area contributed by atoms with E-state index in [4.69, 9.17) is 14.2 Å². The monoisotopic (exact) mass is 349 g/mol. The highest BCUT2D eigenvalue weighted by Gasteiger charge is 2.35. The predicted octanol–water partition coefficient (Wildman–Crippen LogP) is 3.80. The summed E-state index contributed by atoms with van der Waals surface area (Å²) in [4.78, 5) is 26.2. The van der Waals surface area contributed by atoms with Gasteiger partial charge in [0, 0.05) is 5.56 Å². The van der Waals surface area contributed by atoms with Crippen LogP contribution in [0.2, 0.25) is 0 Å². The fourth-order valence-corrected chi connectivity index (χ4v) is 2.95. The third-order valence-corrected chi connectivity index (χ3v) is 3.94. The van der Waals surface area contributed by atoms with Crippen LogP contribution in [-0.4, -0.2) is 42.8 Å². The number of amides is 1. The van der Waals surface area contributed by atoms with Crippen LogP contribution in [0.3, 0.4) is 0 Å². The molecule has 138 valence electrons. The van der Waals surface area contributed by atoms with Crippen molar-refractivity contribution in [2.24, 2.45) is 5.92 Å². The highest BCUT2D eigenvalue weighted by atomic mass is 16.6. The normalized spacial score (nSPS) is 17.4. The van der Waals surface area contributed by atoms with E-state index in [0.29, 0.717) is 24.5 Å². The van der Waals surface area contributed by atoms with Crippen molar-refractivity contribution in [2.45, 2.75) is 46.3 Å². The minimum absolute atomic E-state index is 0.150. The second-order valence-corrected chi connectivity index (χ2v) is 7.46. The van der Waals surface area contributed by atoms with Crippen molar-refractivity contribution in [1.29, 1.82) is 0 Å². The molecule has 1 aromatic rings. The molecule has 1 atom stereocenters. The van der Waals surface area contributed by atoms with Crippen molar-refractivity contribution in [3.8, 4) is 5.75 Å². The van der Waals surface area contributed by atoms with Gasteiger partial charge in [0.1, 0.15) is 18.0 Å². The van der Waals surface area contributed by atoms with Gasteiger partial charge in [-0.05, 0) is 38.8 Å². The van der Waals surface area contributed by atoms with Crippen LogP contribution in [0, 0.1) is 5.92 Å². The van der Waals surface area contributed by atoms with Crippen LogP contribution >= 0.6 is 0 Å². The van der Waals surface area contributed by atoms with E-state index in [2.05, 4.69) is 0 Å². The maximum atomic E-state index is 12.7. The van der Waals surface area contributed by atoms with Crippen molar-refractivity contribution in [3.05, 3.63) is 29.3 Å². The first-order chi connectivity index (χ1) is 11.6. The summed E-state index contributed by atoms with van der Waals surface area (Å²) in [6, 6.07) is 5.01. The molecule has 0 unspecified atom stereocenters. The molecule has 1 amide bonds. The van der Waals surface area contributed by atoms with Gasteiger partial charge in [-0.15, -0.1) is 0 Å². The molecule has 0 aliphatic carbocycles. The maximum Gasteiger partial charge on any atom is 0.410 e. The summed E-state index contributed by atoms with van der Waals surface area (Å²) in [6.45, 7) is 10.4. The van der Waals surface area contributed by atoms with E-state index in [-0.39, 0.29) is 18.1 Å². The van der Waals surface area contributed by atoms with Crippen LogP contribution in [-0.2, 0) is 9.47 Å². The SMILES string of the molecule is COC(=O)c1ccc2c(c1)OCCN(C(=O)OC(C)(C)C)[C@@H]2C(C)C. The van der Waals surface area contributed by atoms with E-state index >= 15 is 0 Å². The van der Waals surface area contributed by atoms with Crippen molar-refractivity contribution in [2.75, 3.05) is 20.3 Å². The second-order valence-electron chi connectivity index (χ2n) is 7.46. The van der Waals surface area contributed by atoms with Crippen molar-refractivity contribution < 1.29 is 23.8 Å². The molecule has 6 heteroatoms. The number of carbonyl (C=O) groups is 2. The first kappa shape index (κ1) is 19.1. The summed E-state index contributed by atoms with van der Waals surface area (Å²) >= 11 is 0. The minimum atomic E-state index is -0.566. The molecule has 2 rings (SSSR count). The Morgan fingerprint density at radius 2 is 1.96 bits per heavy atom. The quantitative estimate of drug-likeness (QED) is 0.760. The van der Waals surface area contributed by atoms with Gasteiger partial charge in [0.2, 0.25) is 0 Å². The molecule has 6 nitrogen and oxygen atoms in total. The number of rotatable bonds is 2. The average Bonchev–Trinajstić information content (AvgIpc) is 2.71. The second kappa shape index (κ2) is 7.33. The van der Waals surface area contributed by atoms with Gasteiger partial charge in [0.05, 0.1) is 25.3 Å². The largest absolute Gasteiger partial charge is 0.491 e. The zero-order chi connectivity index (χ0) is 18.8. The lowest BCUT2D eigenvalue weighted by atomic mass is 9.93. The van der Waals surface area contributed by atoms with Crippen LogP contribution in [0.5, 0.6) is 5.75 Å². The van der Waals surface area contributed by atoms with E-state index in [1.165, 1.54) is 7.11 Å². The van der Waals surface area contributed by atoms with Crippen LogP contribution < -0.4 is 4.74 Å². The van der Waals surface area contributed by atoms with Crippen molar-refractivity contribution in [1.82, 2.24) is 4.90 Å². The van der Waals surface area contributed by atoms with Crippen molar-refractivity contribution in [3.63, 3.8) is 0 Å². The van der Waals surface area contributed by atoms with Crippen LogP contribution in [0.25, 0.3) is 0 Å². The van der Waals surface area contributed by atoms with Crippen LogP contribution in [0.1, 0.15) is 56.6 Å². The van der Waals surface area contributed by atoms with E-state index in [9.17, 15) is 9.59 Å². The Kier molecular flexibility index (Phi) is 5.60. The fourth-order valence-electron chi connectivity index (χ4n) is 2.95. The zero-order valence-electron chi connectivity index (χ0n) is 15.8. The van der Waals surface area contributed by atoms with Gasteiger partial charge in [-0.3, -0.25) is 4.90 Å². The van der Waals surface area contributed by atoms with E-state index in [0.717, 1.165) is 5.56 Å². The average molecular weight is 349 g/mol. The molecule has 25 heavy (non-hydrogen) atoms. The Balaban J connectivity index is 2.41. The Hall–Kier alpha value is -2.24.